The van der Waals surface area contributed by atoms with Crippen LogP contribution in [0.2, 0.25) is 0 Å². The van der Waals surface area contributed by atoms with Crippen LogP contribution in [0.4, 0.5) is 0 Å². The van der Waals surface area contributed by atoms with Crippen LogP contribution in [0.5, 0.6) is 0 Å². The van der Waals surface area contributed by atoms with E-state index in [1.54, 1.807) is 36.8 Å². The molecule has 0 unspecified atom stereocenters. The van der Waals surface area contributed by atoms with Gasteiger partial charge < -0.3 is 17.1 Å². The number of amides is 1. The molecule has 364 valence electrons. The van der Waals surface area contributed by atoms with E-state index in [1.165, 1.54) is 88.5 Å². The summed E-state index contributed by atoms with van der Waals surface area (Å²) >= 11 is 3.33. The molecule has 2 N–H and O–H groups in total. The van der Waals surface area contributed by atoms with Crippen molar-refractivity contribution in [1.29, 1.82) is 0 Å². The second-order valence-corrected chi connectivity index (χ2v) is 24.5. The van der Waals surface area contributed by atoms with Crippen LogP contribution in [-0.2, 0) is 9.63 Å². The minimum absolute atomic E-state index is 0. The molecule has 1 amide bonds. The summed E-state index contributed by atoms with van der Waals surface area (Å²) in [6.45, 7) is 14.7. The fourth-order valence-corrected chi connectivity index (χ4v) is 17.3. The van der Waals surface area contributed by atoms with Gasteiger partial charge in [0.25, 0.3) is 0 Å². The number of carbonyl (C=O) groups excluding carboxylic acids is 2. The summed E-state index contributed by atoms with van der Waals surface area (Å²) < 4.78 is 0. The van der Waals surface area contributed by atoms with Crippen LogP contribution < -0.4 is 18.9 Å². The first-order valence-corrected chi connectivity index (χ1v) is 27.0. The normalized spacial score (nSPS) is 41.7. The summed E-state index contributed by atoms with van der Waals surface area (Å²) in [6.07, 6.45) is 23.5. The Balaban J connectivity index is 0.000000230. The predicted octanol–water partition coefficient (Wildman–Crippen LogP) is 11.6. The Morgan fingerprint density at radius 2 is 1.14 bits per heavy atom. The van der Waals surface area contributed by atoms with Crippen molar-refractivity contribution in [1.82, 2.24) is 5.06 Å². The molecule has 2 aromatic heterocycles. The Labute approximate surface area is 417 Å². The number of fused-ring (bicyclic) bond motifs is 10. The molecule has 2 heterocycles. The molecule has 0 radical (unpaired) electrons. The Bertz CT molecular complexity index is 1710. The number of hydrogen-bond donors (Lipinski definition) is 2. The van der Waals surface area contributed by atoms with Gasteiger partial charge in [0, 0.05) is 18.9 Å². The van der Waals surface area contributed by atoms with E-state index in [2.05, 4.69) is 27.7 Å². The van der Waals surface area contributed by atoms with Gasteiger partial charge in [-0.15, -0.1) is 11.3 Å². The first-order chi connectivity index (χ1) is 29.6. The number of thiophene rings is 2. The molecule has 0 bridgehead atoms. The summed E-state index contributed by atoms with van der Waals surface area (Å²) in [5.74, 6) is 8.84. The number of unbranched alkanes of at least 4 members (excludes halogenated alkanes) is 1. The fraction of sp³-hybridized carbons (Fsp3) is 0.804. The third kappa shape index (κ3) is 12.0. The van der Waals surface area contributed by atoms with Gasteiger partial charge in [-0.3, -0.25) is 14.4 Å². The van der Waals surface area contributed by atoms with Crippen molar-refractivity contribution in [3.8, 4) is 0 Å². The molecule has 0 spiro atoms. The quantitative estimate of drug-likeness (QED) is 0.135. The minimum Gasteiger partial charge on any atom is -0.390 e. The SMILES string of the molecule is C.C.CON(C)C(=O)[C@H]1CC[C@H]2[C@@H]3CC[C@@H]4C[C@](C)(O)CC[C@@H]4[C@H]3CC[C@]12C.C[C@@]1(O)CC[C@H]2[C@H](CC[C@@H]3[C@@H]2CC[C@]2(C)[C@@H](C(=O)c4cccs4)CC[C@@H]32)C1.[CH2-]CCC.[Li+].c1ccsc1. The molecule has 9 heteroatoms. The summed E-state index contributed by atoms with van der Waals surface area (Å²) in [5.41, 5.74) is -0.497. The maximum Gasteiger partial charge on any atom is 1.00 e. The molecular weight excluding hydrogens is 838 g/mol. The predicted molar refractivity (Wildman–Crippen MR) is 269 cm³/mol. The van der Waals surface area contributed by atoms with Crippen LogP contribution in [0.1, 0.15) is 188 Å². The third-order valence-electron chi connectivity index (χ3n) is 19.2. The molecule has 8 saturated carbocycles. The first kappa shape index (κ1) is 56.6. The second-order valence-electron chi connectivity index (χ2n) is 22.7. The van der Waals surface area contributed by atoms with Crippen molar-refractivity contribution in [2.24, 2.45) is 81.8 Å². The molecule has 8 aliphatic carbocycles. The smallest absolute Gasteiger partial charge is 0.390 e. The zero-order valence-electron chi connectivity index (χ0n) is 40.7. The zero-order valence-corrected chi connectivity index (χ0v) is 42.3. The largest absolute Gasteiger partial charge is 1.00 e. The van der Waals surface area contributed by atoms with E-state index < -0.39 is 11.2 Å². The van der Waals surface area contributed by atoms with E-state index in [0.29, 0.717) is 11.7 Å². The van der Waals surface area contributed by atoms with Gasteiger partial charge in [-0.05, 0) is 222 Å². The van der Waals surface area contributed by atoms with Gasteiger partial charge in [0.1, 0.15) is 0 Å². The van der Waals surface area contributed by atoms with Gasteiger partial charge in [-0.1, -0.05) is 60.2 Å². The topological polar surface area (TPSA) is 87.1 Å². The van der Waals surface area contributed by atoms with E-state index >= 15 is 0 Å². The molecule has 10 rings (SSSR count). The Morgan fingerprint density at radius 3 is 1.55 bits per heavy atom. The molecule has 8 fully saturated rings. The minimum atomic E-state index is -0.438. The van der Waals surface area contributed by atoms with Crippen LogP contribution >= 0.6 is 22.7 Å². The second kappa shape index (κ2) is 23.8. The molecule has 0 aliphatic heterocycles. The average molecular weight is 930 g/mol. The van der Waals surface area contributed by atoms with E-state index in [-0.39, 0.29) is 62.3 Å². The number of nitrogens with zero attached hydrogens (tertiary/aromatic N) is 1. The zero-order chi connectivity index (χ0) is 44.5. The molecule has 0 saturated heterocycles. The number of ketones is 1. The van der Waals surface area contributed by atoms with Gasteiger partial charge in [-0.2, -0.15) is 17.8 Å². The summed E-state index contributed by atoms with van der Waals surface area (Å²) in [6, 6.07) is 8.08. The number of rotatable bonds is 5. The molecule has 0 aromatic carbocycles. The van der Waals surface area contributed by atoms with E-state index in [0.717, 1.165) is 103 Å². The number of aliphatic hydroxyl groups is 2. The van der Waals surface area contributed by atoms with Crippen molar-refractivity contribution in [3.63, 3.8) is 0 Å². The fourth-order valence-electron chi connectivity index (χ4n) is 16.1. The van der Waals surface area contributed by atoms with Crippen LogP contribution in [0.15, 0.2) is 40.4 Å². The van der Waals surface area contributed by atoms with Crippen LogP contribution in [-0.4, -0.2) is 52.3 Å². The molecule has 16 atom stereocenters. The maximum atomic E-state index is 13.2. The van der Waals surface area contributed by atoms with Crippen LogP contribution in [0.25, 0.3) is 0 Å². The molecule has 8 aliphatic rings. The number of Topliss-reactive ketones (excluding diaryl/α,β-unsaturated/α-hetero) is 1. The summed E-state index contributed by atoms with van der Waals surface area (Å²) in [7, 11) is 3.34. The molecule has 65 heavy (non-hydrogen) atoms. The first-order valence-electron chi connectivity index (χ1n) is 25.2. The number of carbonyl (C=O) groups is 2. The average Bonchev–Trinajstić information content (AvgIpc) is 4.10. The Hall–Kier alpha value is -0.983. The number of hydrogen-bond acceptors (Lipinski definition) is 7. The molecule has 2 aromatic rings. The van der Waals surface area contributed by atoms with Gasteiger partial charge >= 0.3 is 18.9 Å². The van der Waals surface area contributed by atoms with Crippen molar-refractivity contribution < 1.29 is 43.5 Å². The Kier molecular flexibility index (Phi) is 20.7. The molecular formula is C56H92LiNO5S2. The van der Waals surface area contributed by atoms with E-state index in [1.807, 2.05) is 54.3 Å². The van der Waals surface area contributed by atoms with Crippen molar-refractivity contribution in [2.75, 3.05) is 14.2 Å². The van der Waals surface area contributed by atoms with Gasteiger partial charge in [-0.25, -0.2) is 5.06 Å². The van der Waals surface area contributed by atoms with E-state index in [4.69, 9.17) is 4.84 Å². The van der Waals surface area contributed by atoms with Gasteiger partial charge in [0.05, 0.1) is 23.2 Å². The van der Waals surface area contributed by atoms with Crippen LogP contribution in [0, 0.1) is 88.8 Å². The number of hydroxylamine groups is 2. The van der Waals surface area contributed by atoms with Crippen molar-refractivity contribution in [2.45, 2.75) is 189 Å². The van der Waals surface area contributed by atoms with Crippen LogP contribution in [0.3, 0.4) is 0 Å². The van der Waals surface area contributed by atoms with E-state index in [9.17, 15) is 19.8 Å². The molecule has 6 nitrogen and oxygen atoms in total. The monoisotopic (exact) mass is 930 g/mol. The van der Waals surface area contributed by atoms with Gasteiger partial charge in [0.2, 0.25) is 5.91 Å². The summed E-state index contributed by atoms with van der Waals surface area (Å²) in [5, 5.41) is 28.6. The van der Waals surface area contributed by atoms with Crippen molar-refractivity contribution >= 4 is 34.4 Å². The summed E-state index contributed by atoms with van der Waals surface area (Å²) in [4.78, 5) is 32.3. The standard InChI is InChI=1S/C24H34O2S.C22H37NO3.C4H4S.C4H9.2CH4.Li/c1-23(26)11-9-16-15(14-23)5-6-18-17(16)10-12-24(2)19(18)7-8-20(24)22(25)21-4-3-13-27-21;1-21(25)11-9-15-14(13-21)5-6-17-16(15)10-12-22(2)18(17)7-8-19(22)20(24)23(3)26-4;1-2-4-5-3-1;1-3-4-2;;;/h3-4,13,15-20,26H,5-12,14H2,1-2H3;14-19,25H,5-13H2,1-4H3;1-4H;1,3-4H2,2H3;2*1H4;/q;;;-1;;;+1/t15-,16+,17-,18-,19+,20-,23-,24+;14-,15+,16-,17-,18+,19-,21-,22+;;;;;/m11...../s1. The Morgan fingerprint density at radius 1 is 0.677 bits per heavy atom. The van der Waals surface area contributed by atoms with Gasteiger partial charge in [0.15, 0.2) is 5.78 Å². The third-order valence-corrected chi connectivity index (χ3v) is 20.7. The van der Waals surface area contributed by atoms with Crippen molar-refractivity contribution in [3.05, 3.63) is 52.2 Å². The maximum absolute atomic E-state index is 13.2.